The van der Waals surface area contributed by atoms with Crippen LogP contribution < -0.4 is 15.4 Å². The monoisotopic (exact) mass is 527 g/mol. The standard InChI is InChI=1S/C24H28F3N3O5S/c1-16(31)28-22(15-17-4-3-5-20(14-17)35-2)23(32)29-19-10-12-30(13-11-19)36(33,34)21-8-6-18(7-9-21)24(25,26)27/h3-9,14,19,22H,10-13,15H2,1-2H3,(H,28,31)(H,29,32). The van der Waals surface area contributed by atoms with E-state index >= 15 is 0 Å². The van der Waals surface area contributed by atoms with Crippen molar-refractivity contribution in [3.05, 3.63) is 59.7 Å². The number of piperidine rings is 1. The number of methoxy groups -OCH3 is 1. The number of nitrogens with one attached hydrogen (secondary N) is 2. The van der Waals surface area contributed by atoms with Crippen molar-refractivity contribution in [2.24, 2.45) is 0 Å². The topological polar surface area (TPSA) is 105 Å². The Hall–Kier alpha value is -3.12. The molecule has 0 spiro atoms. The lowest BCUT2D eigenvalue weighted by Gasteiger charge is -2.32. The van der Waals surface area contributed by atoms with Crippen molar-refractivity contribution in [1.29, 1.82) is 0 Å². The molecule has 12 heteroatoms. The van der Waals surface area contributed by atoms with Crippen LogP contribution in [-0.2, 0) is 32.2 Å². The van der Waals surface area contributed by atoms with Gasteiger partial charge in [0.15, 0.2) is 0 Å². The predicted octanol–water partition coefficient (Wildman–Crippen LogP) is 2.73. The van der Waals surface area contributed by atoms with E-state index in [1.54, 1.807) is 18.2 Å². The number of halogens is 3. The Morgan fingerprint density at radius 2 is 1.75 bits per heavy atom. The van der Waals surface area contributed by atoms with Crippen LogP contribution in [0, 0.1) is 0 Å². The molecule has 2 aromatic carbocycles. The van der Waals surface area contributed by atoms with E-state index in [0.29, 0.717) is 18.6 Å². The zero-order chi connectivity index (χ0) is 26.5. The summed E-state index contributed by atoms with van der Waals surface area (Å²) in [5.74, 6) is -0.135. The van der Waals surface area contributed by atoms with Gasteiger partial charge in [0.2, 0.25) is 21.8 Å². The largest absolute Gasteiger partial charge is 0.497 e. The van der Waals surface area contributed by atoms with Gasteiger partial charge in [0, 0.05) is 32.5 Å². The number of rotatable bonds is 8. The first-order valence-electron chi connectivity index (χ1n) is 11.3. The Labute approximate surface area is 207 Å². The van der Waals surface area contributed by atoms with E-state index in [1.165, 1.54) is 18.3 Å². The van der Waals surface area contributed by atoms with Crippen molar-refractivity contribution in [2.45, 2.75) is 49.3 Å². The molecule has 36 heavy (non-hydrogen) atoms. The van der Waals surface area contributed by atoms with Crippen molar-refractivity contribution in [1.82, 2.24) is 14.9 Å². The highest BCUT2D eigenvalue weighted by molar-refractivity contribution is 7.89. The van der Waals surface area contributed by atoms with Crippen LogP contribution in [0.2, 0.25) is 0 Å². The summed E-state index contributed by atoms with van der Waals surface area (Å²) < 4.78 is 70.4. The molecule has 0 radical (unpaired) electrons. The Morgan fingerprint density at radius 1 is 1.11 bits per heavy atom. The van der Waals surface area contributed by atoms with Crippen LogP contribution in [0.4, 0.5) is 13.2 Å². The minimum atomic E-state index is -4.56. The van der Waals surface area contributed by atoms with Gasteiger partial charge in [-0.1, -0.05) is 12.1 Å². The Balaban J connectivity index is 1.61. The number of amides is 2. The lowest BCUT2D eigenvalue weighted by molar-refractivity contribution is -0.137. The first kappa shape index (κ1) is 27.5. The van der Waals surface area contributed by atoms with Gasteiger partial charge in [0.1, 0.15) is 11.8 Å². The molecular weight excluding hydrogens is 499 g/mol. The SMILES string of the molecule is COc1cccc(CC(NC(C)=O)C(=O)NC2CCN(S(=O)(=O)c3ccc(C(F)(F)F)cc3)CC2)c1. The highest BCUT2D eigenvalue weighted by atomic mass is 32.2. The summed E-state index contributed by atoms with van der Waals surface area (Å²) in [6.07, 6.45) is -3.68. The molecule has 3 rings (SSSR count). The van der Waals surface area contributed by atoms with E-state index in [-0.39, 0.29) is 36.4 Å². The third-order valence-corrected chi connectivity index (χ3v) is 7.80. The highest BCUT2D eigenvalue weighted by Gasteiger charge is 2.33. The summed E-state index contributed by atoms with van der Waals surface area (Å²) in [4.78, 5) is 24.4. The molecule has 2 aromatic rings. The van der Waals surface area contributed by atoms with Crippen LogP contribution in [0.3, 0.4) is 0 Å². The second-order valence-electron chi connectivity index (χ2n) is 8.52. The lowest BCUT2D eigenvalue weighted by Crippen LogP contribution is -2.53. The van der Waals surface area contributed by atoms with Crippen molar-refractivity contribution in [3.8, 4) is 5.75 Å². The fourth-order valence-corrected chi connectivity index (χ4v) is 5.47. The second-order valence-corrected chi connectivity index (χ2v) is 10.5. The number of sulfonamides is 1. The van der Waals surface area contributed by atoms with Crippen LogP contribution in [0.25, 0.3) is 0 Å². The van der Waals surface area contributed by atoms with Gasteiger partial charge < -0.3 is 15.4 Å². The fraction of sp³-hybridized carbons (Fsp3) is 0.417. The molecule has 2 amide bonds. The van der Waals surface area contributed by atoms with E-state index in [1.807, 2.05) is 6.07 Å². The van der Waals surface area contributed by atoms with Crippen LogP contribution in [0.15, 0.2) is 53.4 Å². The molecule has 1 unspecified atom stereocenters. The van der Waals surface area contributed by atoms with Crippen molar-refractivity contribution < 1.29 is 35.9 Å². The van der Waals surface area contributed by atoms with E-state index in [0.717, 1.165) is 29.8 Å². The summed E-state index contributed by atoms with van der Waals surface area (Å²) in [7, 11) is -2.44. The lowest BCUT2D eigenvalue weighted by atomic mass is 10.0. The van der Waals surface area contributed by atoms with E-state index in [2.05, 4.69) is 10.6 Å². The molecule has 0 aromatic heterocycles. The molecule has 8 nitrogen and oxygen atoms in total. The third kappa shape index (κ3) is 6.97. The van der Waals surface area contributed by atoms with Gasteiger partial charge in [-0.15, -0.1) is 0 Å². The molecule has 1 aliphatic heterocycles. The van der Waals surface area contributed by atoms with Gasteiger partial charge >= 0.3 is 6.18 Å². The van der Waals surface area contributed by atoms with Crippen LogP contribution in [-0.4, -0.2) is 56.8 Å². The van der Waals surface area contributed by atoms with Gasteiger partial charge in [-0.2, -0.15) is 17.5 Å². The zero-order valence-electron chi connectivity index (χ0n) is 19.8. The molecule has 1 heterocycles. The number of nitrogens with zero attached hydrogens (tertiary/aromatic N) is 1. The molecule has 0 saturated carbocycles. The fourth-order valence-electron chi connectivity index (χ4n) is 4.00. The zero-order valence-corrected chi connectivity index (χ0v) is 20.7. The normalized spacial score (nSPS) is 16.2. The van der Waals surface area contributed by atoms with Gasteiger partial charge in [-0.05, 0) is 54.8 Å². The summed E-state index contributed by atoms with van der Waals surface area (Å²) in [5.41, 5.74) is -0.133. The van der Waals surface area contributed by atoms with Crippen LogP contribution in [0.1, 0.15) is 30.9 Å². The molecule has 1 atom stereocenters. The maximum absolute atomic E-state index is 12.9. The van der Waals surface area contributed by atoms with E-state index in [9.17, 15) is 31.2 Å². The second kappa shape index (κ2) is 11.3. The summed E-state index contributed by atoms with van der Waals surface area (Å²) in [6.45, 7) is 1.50. The Morgan fingerprint density at radius 3 is 2.31 bits per heavy atom. The molecule has 0 aliphatic carbocycles. The molecule has 1 saturated heterocycles. The Bertz CT molecular complexity index is 1180. The molecule has 196 valence electrons. The summed E-state index contributed by atoms with van der Waals surface area (Å²) in [6, 6.07) is 9.36. The minimum Gasteiger partial charge on any atom is -0.497 e. The van der Waals surface area contributed by atoms with Gasteiger partial charge in [-0.3, -0.25) is 9.59 Å². The number of carbonyl (C=O) groups excluding carboxylic acids is 2. The summed E-state index contributed by atoms with van der Waals surface area (Å²) >= 11 is 0. The van der Waals surface area contributed by atoms with Gasteiger partial charge in [-0.25, -0.2) is 8.42 Å². The number of benzene rings is 2. The number of hydrogen-bond donors (Lipinski definition) is 2. The predicted molar refractivity (Wildman–Crippen MR) is 126 cm³/mol. The molecule has 2 N–H and O–H groups in total. The molecule has 0 bridgehead atoms. The average molecular weight is 528 g/mol. The van der Waals surface area contributed by atoms with Crippen molar-refractivity contribution >= 4 is 21.8 Å². The molecular formula is C24H28F3N3O5S. The van der Waals surface area contributed by atoms with E-state index in [4.69, 9.17) is 4.74 Å². The average Bonchev–Trinajstić information content (AvgIpc) is 2.83. The quantitative estimate of drug-likeness (QED) is 0.550. The number of alkyl halides is 3. The highest BCUT2D eigenvalue weighted by Crippen LogP contribution is 2.30. The van der Waals surface area contributed by atoms with E-state index < -0.39 is 33.7 Å². The smallest absolute Gasteiger partial charge is 0.416 e. The summed E-state index contributed by atoms with van der Waals surface area (Å²) in [5, 5.41) is 5.52. The first-order chi connectivity index (χ1) is 16.9. The minimum absolute atomic E-state index is 0.0923. The number of ether oxygens (including phenoxy) is 1. The van der Waals surface area contributed by atoms with Gasteiger partial charge in [0.25, 0.3) is 0 Å². The van der Waals surface area contributed by atoms with Crippen LogP contribution >= 0.6 is 0 Å². The first-order valence-corrected chi connectivity index (χ1v) is 12.7. The number of carbonyl (C=O) groups is 2. The Kier molecular flexibility index (Phi) is 8.62. The molecule has 1 fully saturated rings. The number of hydrogen-bond acceptors (Lipinski definition) is 5. The van der Waals surface area contributed by atoms with Gasteiger partial charge in [0.05, 0.1) is 17.6 Å². The maximum atomic E-state index is 12.9. The van der Waals surface area contributed by atoms with Crippen LogP contribution in [0.5, 0.6) is 5.75 Å². The van der Waals surface area contributed by atoms with Crippen molar-refractivity contribution in [3.63, 3.8) is 0 Å². The third-order valence-electron chi connectivity index (χ3n) is 5.89. The maximum Gasteiger partial charge on any atom is 0.416 e. The molecule has 1 aliphatic rings. The van der Waals surface area contributed by atoms with Crippen molar-refractivity contribution in [2.75, 3.05) is 20.2 Å².